The smallest absolute Gasteiger partial charge is 0.232 e. The molecule has 3 aromatic rings. The summed E-state index contributed by atoms with van der Waals surface area (Å²) in [6, 6.07) is 16.7. The first-order valence-electron chi connectivity index (χ1n) is 7.33. The molecule has 23 heavy (non-hydrogen) atoms. The molecule has 4 rings (SSSR count). The molecule has 0 saturated carbocycles. The van der Waals surface area contributed by atoms with Crippen LogP contribution in [0, 0.1) is 0 Å². The van der Waals surface area contributed by atoms with Crippen LogP contribution in [0.15, 0.2) is 48.5 Å². The zero-order valence-corrected chi connectivity index (χ0v) is 12.6. The Morgan fingerprint density at radius 3 is 1.78 bits per heavy atom. The van der Waals surface area contributed by atoms with Gasteiger partial charge in [-0.25, -0.2) is 0 Å². The lowest BCUT2D eigenvalue weighted by molar-refractivity contribution is 0.767. The van der Waals surface area contributed by atoms with Gasteiger partial charge in [0.25, 0.3) is 0 Å². The summed E-state index contributed by atoms with van der Waals surface area (Å²) in [5.74, 6) is 0.712. The second kappa shape index (κ2) is 4.95. The summed E-state index contributed by atoms with van der Waals surface area (Å²) in [4.78, 5) is 14.3. The Balaban J connectivity index is 1.88. The second-order valence-electron chi connectivity index (χ2n) is 5.54. The van der Waals surface area contributed by atoms with Gasteiger partial charge in [0.05, 0.1) is 6.04 Å². The lowest BCUT2D eigenvalue weighted by Gasteiger charge is -2.26. The van der Waals surface area contributed by atoms with E-state index in [1.165, 1.54) is 22.3 Å². The third-order valence-electron chi connectivity index (χ3n) is 4.16. The van der Waals surface area contributed by atoms with Crippen molar-refractivity contribution in [1.29, 1.82) is 0 Å². The molecular weight excluding hydrogens is 288 g/mol. The molecule has 6 nitrogen and oxygen atoms in total. The van der Waals surface area contributed by atoms with Crippen LogP contribution < -0.4 is 16.4 Å². The van der Waals surface area contributed by atoms with Gasteiger partial charge in [0.2, 0.25) is 17.8 Å². The molecule has 2 aromatic carbocycles. The summed E-state index contributed by atoms with van der Waals surface area (Å²) < 4.78 is 0. The average molecular weight is 304 g/mol. The van der Waals surface area contributed by atoms with E-state index in [2.05, 4.69) is 51.4 Å². The number of anilines is 3. The normalized spacial score (nSPS) is 12.7. The van der Waals surface area contributed by atoms with Gasteiger partial charge in [-0.3, -0.25) is 0 Å². The molecule has 114 valence electrons. The molecule has 0 unspecified atom stereocenters. The van der Waals surface area contributed by atoms with E-state index in [4.69, 9.17) is 11.5 Å². The van der Waals surface area contributed by atoms with E-state index < -0.39 is 0 Å². The summed E-state index contributed by atoms with van der Waals surface area (Å²) in [7, 11) is 1.94. The molecule has 0 fully saturated rings. The minimum atomic E-state index is 0.0172. The third kappa shape index (κ3) is 2.07. The van der Waals surface area contributed by atoms with Gasteiger partial charge in [-0.1, -0.05) is 48.5 Å². The molecular formula is C17H16N6. The molecule has 0 saturated heterocycles. The highest BCUT2D eigenvalue weighted by Gasteiger charge is 2.32. The van der Waals surface area contributed by atoms with Crippen molar-refractivity contribution >= 4 is 17.8 Å². The van der Waals surface area contributed by atoms with Crippen molar-refractivity contribution in [3.05, 3.63) is 59.7 Å². The molecule has 1 aliphatic carbocycles. The van der Waals surface area contributed by atoms with E-state index in [-0.39, 0.29) is 17.9 Å². The van der Waals surface area contributed by atoms with Gasteiger partial charge in [-0.2, -0.15) is 15.0 Å². The summed E-state index contributed by atoms with van der Waals surface area (Å²) in [5.41, 5.74) is 16.3. The van der Waals surface area contributed by atoms with E-state index >= 15 is 0 Å². The third-order valence-corrected chi connectivity index (χ3v) is 4.16. The molecule has 0 radical (unpaired) electrons. The highest BCUT2D eigenvalue weighted by molar-refractivity contribution is 5.80. The Morgan fingerprint density at radius 2 is 1.26 bits per heavy atom. The van der Waals surface area contributed by atoms with Crippen LogP contribution in [0.5, 0.6) is 0 Å². The molecule has 1 aromatic heterocycles. The van der Waals surface area contributed by atoms with Crippen LogP contribution >= 0.6 is 0 Å². The SMILES string of the molecule is CN(c1nc(N)nc(N)n1)C1c2ccccc2-c2ccccc21. The van der Waals surface area contributed by atoms with Gasteiger partial charge in [-0.05, 0) is 22.3 Å². The number of fused-ring (bicyclic) bond motifs is 3. The fourth-order valence-corrected chi connectivity index (χ4v) is 3.22. The highest BCUT2D eigenvalue weighted by Crippen LogP contribution is 2.46. The standard InChI is InChI=1S/C17H16N6/c1-23(17-21-15(18)20-16(19)22-17)14-12-8-4-2-6-10(12)11-7-3-5-9-13(11)14/h2-9,14H,1H3,(H4,18,19,20,21,22). The van der Waals surface area contributed by atoms with Crippen molar-refractivity contribution in [2.75, 3.05) is 23.4 Å². The lowest BCUT2D eigenvalue weighted by atomic mass is 10.0. The maximum absolute atomic E-state index is 5.72. The van der Waals surface area contributed by atoms with Gasteiger partial charge in [0.1, 0.15) is 0 Å². The number of nitrogen functional groups attached to an aromatic ring is 2. The second-order valence-corrected chi connectivity index (χ2v) is 5.54. The van der Waals surface area contributed by atoms with Crippen molar-refractivity contribution in [1.82, 2.24) is 15.0 Å². The minimum absolute atomic E-state index is 0.0172. The number of aromatic nitrogens is 3. The Morgan fingerprint density at radius 1 is 0.783 bits per heavy atom. The van der Waals surface area contributed by atoms with Crippen LogP contribution in [0.2, 0.25) is 0 Å². The van der Waals surface area contributed by atoms with Gasteiger partial charge >= 0.3 is 0 Å². The van der Waals surface area contributed by atoms with E-state index in [0.29, 0.717) is 5.95 Å². The van der Waals surface area contributed by atoms with Gasteiger partial charge in [-0.15, -0.1) is 0 Å². The monoisotopic (exact) mass is 304 g/mol. The van der Waals surface area contributed by atoms with Crippen LogP contribution in [0.3, 0.4) is 0 Å². The number of hydrogen-bond acceptors (Lipinski definition) is 6. The van der Waals surface area contributed by atoms with Crippen LogP contribution in [-0.2, 0) is 0 Å². The van der Waals surface area contributed by atoms with E-state index in [0.717, 1.165) is 0 Å². The summed E-state index contributed by atoms with van der Waals surface area (Å²) in [6.45, 7) is 0. The van der Waals surface area contributed by atoms with Crippen molar-refractivity contribution in [2.45, 2.75) is 6.04 Å². The average Bonchev–Trinajstić information content (AvgIpc) is 2.88. The van der Waals surface area contributed by atoms with E-state index in [1.54, 1.807) is 0 Å². The predicted octanol–water partition coefficient (Wildman–Crippen LogP) is 2.24. The topological polar surface area (TPSA) is 94.0 Å². The molecule has 1 aliphatic rings. The van der Waals surface area contributed by atoms with E-state index in [1.807, 2.05) is 24.1 Å². The van der Waals surface area contributed by atoms with Gasteiger partial charge in [0.15, 0.2) is 0 Å². The predicted molar refractivity (Wildman–Crippen MR) is 90.8 cm³/mol. The number of rotatable bonds is 2. The fraction of sp³-hybridized carbons (Fsp3) is 0.118. The van der Waals surface area contributed by atoms with E-state index in [9.17, 15) is 0 Å². The maximum atomic E-state index is 5.72. The Labute approximate surface area is 133 Å². The molecule has 1 heterocycles. The Bertz CT molecular complexity index is 826. The quantitative estimate of drug-likeness (QED) is 0.754. The van der Waals surface area contributed by atoms with Crippen LogP contribution in [0.1, 0.15) is 17.2 Å². The number of hydrogen-bond donors (Lipinski definition) is 2. The first kappa shape index (κ1) is 13.5. The maximum Gasteiger partial charge on any atom is 0.232 e. The molecule has 0 bridgehead atoms. The largest absolute Gasteiger partial charge is 0.368 e. The zero-order chi connectivity index (χ0) is 16.0. The molecule has 0 amide bonds. The number of nitrogens with zero attached hydrogens (tertiary/aromatic N) is 4. The molecule has 0 spiro atoms. The van der Waals surface area contributed by atoms with Crippen molar-refractivity contribution < 1.29 is 0 Å². The zero-order valence-electron chi connectivity index (χ0n) is 12.6. The fourth-order valence-electron chi connectivity index (χ4n) is 3.22. The number of nitrogens with two attached hydrogens (primary N) is 2. The van der Waals surface area contributed by atoms with Crippen molar-refractivity contribution in [3.63, 3.8) is 0 Å². The molecule has 6 heteroatoms. The Hall–Kier alpha value is -3.15. The lowest BCUT2D eigenvalue weighted by Crippen LogP contribution is -2.26. The van der Waals surface area contributed by atoms with Gasteiger partial charge in [0, 0.05) is 7.05 Å². The summed E-state index contributed by atoms with van der Waals surface area (Å²) in [5, 5.41) is 0. The highest BCUT2D eigenvalue weighted by atomic mass is 15.3. The van der Waals surface area contributed by atoms with Crippen molar-refractivity contribution in [2.24, 2.45) is 0 Å². The summed E-state index contributed by atoms with van der Waals surface area (Å²) in [6.07, 6.45) is 0. The minimum Gasteiger partial charge on any atom is -0.368 e. The van der Waals surface area contributed by atoms with Gasteiger partial charge < -0.3 is 16.4 Å². The molecule has 0 atom stereocenters. The van der Waals surface area contributed by atoms with Crippen molar-refractivity contribution in [3.8, 4) is 11.1 Å². The van der Waals surface area contributed by atoms with Crippen LogP contribution in [-0.4, -0.2) is 22.0 Å². The first-order valence-corrected chi connectivity index (χ1v) is 7.33. The molecule has 4 N–H and O–H groups in total. The summed E-state index contributed by atoms with van der Waals surface area (Å²) >= 11 is 0. The molecule has 0 aliphatic heterocycles. The van der Waals surface area contributed by atoms with Crippen LogP contribution in [0.25, 0.3) is 11.1 Å². The van der Waals surface area contributed by atoms with Crippen LogP contribution in [0.4, 0.5) is 17.8 Å². The number of benzene rings is 2. The Kier molecular flexibility index (Phi) is 2.90. The first-order chi connectivity index (χ1) is 11.1.